The van der Waals surface area contributed by atoms with Crippen molar-refractivity contribution >= 4 is 36.4 Å². The SMILES string of the molecule is Cc1cccc(N2CCN(CCC(=O)N3C[C@H]4CNC[C@H]4C3)CC2)c1.Cl.Cl. The molecule has 4 rings (SSSR count). The highest BCUT2D eigenvalue weighted by Gasteiger charge is 2.37. The summed E-state index contributed by atoms with van der Waals surface area (Å²) >= 11 is 0. The number of anilines is 1. The largest absolute Gasteiger partial charge is 0.369 e. The third-order valence-corrected chi connectivity index (χ3v) is 6.12. The number of amides is 1. The number of rotatable bonds is 4. The Morgan fingerprint density at radius 3 is 2.37 bits per heavy atom. The van der Waals surface area contributed by atoms with Gasteiger partial charge in [0.25, 0.3) is 0 Å². The zero-order valence-electron chi connectivity index (χ0n) is 16.1. The van der Waals surface area contributed by atoms with E-state index in [0.717, 1.165) is 58.9 Å². The van der Waals surface area contributed by atoms with Crippen molar-refractivity contribution in [1.82, 2.24) is 15.1 Å². The average Bonchev–Trinajstić information content (AvgIpc) is 3.22. The van der Waals surface area contributed by atoms with E-state index in [1.807, 2.05) is 0 Å². The summed E-state index contributed by atoms with van der Waals surface area (Å²) in [6.45, 7) is 11.4. The molecule has 0 aliphatic carbocycles. The highest BCUT2D eigenvalue weighted by molar-refractivity contribution is 5.85. The van der Waals surface area contributed by atoms with Crippen molar-refractivity contribution in [3.05, 3.63) is 29.8 Å². The molecule has 7 heteroatoms. The number of aryl methyl sites for hydroxylation is 1. The van der Waals surface area contributed by atoms with Gasteiger partial charge >= 0.3 is 0 Å². The van der Waals surface area contributed by atoms with Crippen LogP contribution in [-0.2, 0) is 4.79 Å². The molecular weight excluding hydrogens is 383 g/mol. The van der Waals surface area contributed by atoms with Gasteiger partial charge in [-0.25, -0.2) is 0 Å². The Kier molecular flexibility index (Phi) is 8.22. The standard InChI is InChI=1S/C20H30N4O.2ClH/c1-16-3-2-4-19(11-16)23-9-7-22(8-10-23)6-5-20(25)24-14-17-12-21-13-18(17)15-24;;/h2-4,11,17-18,21H,5-10,12-15H2,1H3;2*1H/t17-,18+;;. The van der Waals surface area contributed by atoms with E-state index in [2.05, 4.69) is 51.2 Å². The van der Waals surface area contributed by atoms with E-state index < -0.39 is 0 Å². The van der Waals surface area contributed by atoms with Crippen molar-refractivity contribution < 1.29 is 4.79 Å². The molecule has 1 amide bonds. The van der Waals surface area contributed by atoms with Crippen LogP contribution in [0.1, 0.15) is 12.0 Å². The molecule has 3 heterocycles. The molecule has 3 aliphatic heterocycles. The summed E-state index contributed by atoms with van der Waals surface area (Å²) in [7, 11) is 0. The first-order chi connectivity index (χ1) is 12.2. The van der Waals surface area contributed by atoms with Crippen molar-refractivity contribution in [3.63, 3.8) is 0 Å². The van der Waals surface area contributed by atoms with Crippen LogP contribution in [0, 0.1) is 18.8 Å². The summed E-state index contributed by atoms with van der Waals surface area (Å²) in [5.74, 6) is 1.75. The number of piperazine rings is 1. The lowest BCUT2D eigenvalue weighted by molar-refractivity contribution is -0.130. The highest BCUT2D eigenvalue weighted by Crippen LogP contribution is 2.26. The topological polar surface area (TPSA) is 38.8 Å². The van der Waals surface area contributed by atoms with Gasteiger partial charge in [0.1, 0.15) is 0 Å². The molecular formula is C20H32Cl2N4O. The van der Waals surface area contributed by atoms with Crippen molar-refractivity contribution in [2.75, 3.05) is 63.8 Å². The van der Waals surface area contributed by atoms with E-state index in [-0.39, 0.29) is 24.8 Å². The number of likely N-dealkylation sites (tertiary alicyclic amines) is 1. The summed E-state index contributed by atoms with van der Waals surface area (Å²) in [4.78, 5) is 19.5. The summed E-state index contributed by atoms with van der Waals surface area (Å²) in [5.41, 5.74) is 2.64. The molecule has 3 aliphatic rings. The third kappa shape index (κ3) is 5.29. The zero-order chi connectivity index (χ0) is 17.2. The smallest absolute Gasteiger partial charge is 0.223 e. The van der Waals surface area contributed by atoms with Gasteiger partial charge in [0.05, 0.1) is 0 Å². The minimum atomic E-state index is 0. The van der Waals surface area contributed by atoms with Crippen LogP contribution < -0.4 is 10.2 Å². The highest BCUT2D eigenvalue weighted by atomic mass is 35.5. The van der Waals surface area contributed by atoms with E-state index in [4.69, 9.17) is 0 Å². The van der Waals surface area contributed by atoms with Crippen molar-refractivity contribution in [3.8, 4) is 0 Å². The molecule has 5 nitrogen and oxygen atoms in total. The predicted molar refractivity (Wildman–Crippen MR) is 115 cm³/mol. The molecule has 1 aromatic carbocycles. The molecule has 0 unspecified atom stereocenters. The van der Waals surface area contributed by atoms with Gasteiger partial charge in [-0.1, -0.05) is 12.1 Å². The lowest BCUT2D eigenvalue weighted by Gasteiger charge is -2.36. The maximum absolute atomic E-state index is 12.5. The van der Waals surface area contributed by atoms with Gasteiger partial charge in [0.15, 0.2) is 0 Å². The number of hydrogen-bond acceptors (Lipinski definition) is 4. The van der Waals surface area contributed by atoms with E-state index >= 15 is 0 Å². The lowest BCUT2D eigenvalue weighted by atomic mass is 10.0. The van der Waals surface area contributed by atoms with Gasteiger partial charge in [0.2, 0.25) is 5.91 Å². The molecule has 3 fully saturated rings. The molecule has 0 saturated carbocycles. The van der Waals surface area contributed by atoms with Gasteiger partial charge < -0.3 is 15.1 Å². The van der Waals surface area contributed by atoms with Gasteiger partial charge in [-0.3, -0.25) is 9.69 Å². The molecule has 3 saturated heterocycles. The molecule has 27 heavy (non-hydrogen) atoms. The van der Waals surface area contributed by atoms with Crippen LogP contribution in [0.5, 0.6) is 0 Å². The molecule has 152 valence electrons. The van der Waals surface area contributed by atoms with E-state index in [9.17, 15) is 4.79 Å². The van der Waals surface area contributed by atoms with Crippen LogP contribution in [0.25, 0.3) is 0 Å². The number of carbonyl (C=O) groups excluding carboxylic acids is 1. The fourth-order valence-corrected chi connectivity index (χ4v) is 4.53. The van der Waals surface area contributed by atoms with Crippen molar-refractivity contribution in [2.24, 2.45) is 11.8 Å². The van der Waals surface area contributed by atoms with Crippen LogP contribution in [0.2, 0.25) is 0 Å². The monoisotopic (exact) mass is 414 g/mol. The molecule has 0 bridgehead atoms. The van der Waals surface area contributed by atoms with Gasteiger partial charge in [-0.2, -0.15) is 0 Å². The maximum atomic E-state index is 12.5. The molecule has 0 radical (unpaired) electrons. The van der Waals surface area contributed by atoms with Crippen molar-refractivity contribution in [2.45, 2.75) is 13.3 Å². The number of carbonyl (C=O) groups is 1. The Labute approximate surface area is 175 Å². The average molecular weight is 415 g/mol. The Bertz CT molecular complexity index is 610. The summed E-state index contributed by atoms with van der Waals surface area (Å²) in [6.07, 6.45) is 0.678. The second kappa shape index (κ2) is 9.97. The van der Waals surface area contributed by atoms with E-state index in [0.29, 0.717) is 24.2 Å². The van der Waals surface area contributed by atoms with E-state index in [1.165, 1.54) is 11.3 Å². The zero-order valence-corrected chi connectivity index (χ0v) is 17.7. The molecule has 1 N–H and O–H groups in total. The van der Waals surface area contributed by atoms with Crippen LogP contribution in [-0.4, -0.2) is 74.6 Å². The molecule has 1 aromatic rings. The first-order valence-electron chi connectivity index (χ1n) is 9.71. The number of benzene rings is 1. The Hall–Kier alpha value is -1.01. The fourth-order valence-electron chi connectivity index (χ4n) is 4.53. The number of nitrogens with zero attached hydrogens (tertiary/aromatic N) is 3. The van der Waals surface area contributed by atoms with Crippen molar-refractivity contribution in [1.29, 1.82) is 0 Å². The first kappa shape index (κ1) is 22.3. The van der Waals surface area contributed by atoms with Crippen LogP contribution in [0.15, 0.2) is 24.3 Å². The van der Waals surface area contributed by atoms with Crippen LogP contribution in [0.4, 0.5) is 5.69 Å². The minimum absolute atomic E-state index is 0. The fraction of sp³-hybridized carbons (Fsp3) is 0.650. The number of hydrogen-bond donors (Lipinski definition) is 1. The summed E-state index contributed by atoms with van der Waals surface area (Å²) in [5, 5.41) is 3.44. The van der Waals surface area contributed by atoms with Crippen LogP contribution >= 0.6 is 24.8 Å². The normalized spacial score (nSPS) is 24.9. The maximum Gasteiger partial charge on any atom is 0.223 e. The Morgan fingerprint density at radius 1 is 1.07 bits per heavy atom. The second-order valence-electron chi connectivity index (χ2n) is 7.89. The summed E-state index contributed by atoms with van der Waals surface area (Å²) < 4.78 is 0. The van der Waals surface area contributed by atoms with Gasteiger partial charge in [-0.05, 0) is 36.5 Å². The molecule has 0 spiro atoms. The van der Waals surface area contributed by atoms with Crippen LogP contribution in [0.3, 0.4) is 0 Å². The van der Waals surface area contributed by atoms with Gasteiger partial charge in [-0.15, -0.1) is 24.8 Å². The molecule has 0 aromatic heterocycles. The molecule has 2 atom stereocenters. The Balaban J connectivity index is 0.00000131. The number of fused-ring (bicyclic) bond motifs is 1. The second-order valence-corrected chi connectivity index (χ2v) is 7.89. The number of nitrogens with one attached hydrogen (secondary N) is 1. The number of halogens is 2. The van der Waals surface area contributed by atoms with E-state index in [1.54, 1.807) is 0 Å². The minimum Gasteiger partial charge on any atom is -0.369 e. The lowest BCUT2D eigenvalue weighted by Crippen LogP contribution is -2.47. The van der Waals surface area contributed by atoms with Gasteiger partial charge in [0, 0.05) is 71.0 Å². The summed E-state index contributed by atoms with van der Waals surface area (Å²) in [6, 6.07) is 8.74. The third-order valence-electron chi connectivity index (χ3n) is 6.12. The predicted octanol–water partition coefficient (Wildman–Crippen LogP) is 2.03. The first-order valence-corrected chi connectivity index (χ1v) is 9.71. The Morgan fingerprint density at radius 2 is 1.74 bits per heavy atom. The quantitative estimate of drug-likeness (QED) is 0.817.